The minimum absolute atomic E-state index is 0.226. The number of hydrogen-bond donors (Lipinski definition) is 0. The van der Waals surface area contributed by atoms with Crippen LogP contribution in [0.4, 0.5) is 8.78 Å². The molecular weight excluding hydrogens is 590 g/mol. The van der Waals surface area contributed by atoms with Crippen molar-refractivity contribution in [2.75, 3.05) is 0 Å². The molecular formula is C42H48F2O3. The first-order valence-corrected chi connectivity index (χ1v) is 16.7. The zero-order valence-corrected chi connectivity index (χ0v) is 28.9. The van der Waals surface area contributed by atoms with Crippen LogP contribution in [-0.4, -0.2) is 22.9 Å². The number of hydrogen-bond acceptors (Lipinski definition) is 3. The standard InChI is InChI=1S/C42H48F2O3/c1-35(2)36(3,4)41(35,45-33-25-17-11-18-26-33)39(43,29-31-21-13-9-14-22-31)47-40(44,30-32-23-15-10-16-24-32)42(37(5,6)38(42,7)8)46-34-27-19-12-20-28-34/h9-28H,29-30H2,1-8H3. The highest BCUT2D eigenvalue weighted by Crippen LogP contribution is 2.81. The van der Waals surface area contributed by atoms with Crippen LogP contribution in [0.3, 0.4) is 0 Å². The molecule has 0 bridgehead atoms. The number of ether oxygens (including phenoxy) is 3. The summed E-state index contributed by atoms with van der Waals surface area (Å²) < 4.78 is 58.7. The quantitative estimate of drug-likeness (QED) is 0.155. The second kappa shape index (κ2) is 10.9. The number of benzene rings is 4. The van der Waals surface area contributed by atoms with Crippen molar-refractivity contribution in [1.29, 1.82) is 0 Å². The molecule has 0 amide bonds. The van der Waals surface area contributed by atoms with Crippen molar-refractivity contribution in [2.45, 2.75) is 91.1 Å². The fraction of sp³-hybridized carbons (Fsp3) is 0.429. The first-order valence-electron chi connectivity index (χ1n) is 16.7. The Balaban J connectivity index is 1.58. The van der Waals surface area contributed by atoms with Crippen LogP contribution in [-0.2, 0) is 17.6 Å². The highest BCUT2D eigenvalue weighted by molar-refractivity contribution is 5.41. The van der Waals surface area contributed by atoms with Crippen LogP contribution in [0.1, 0.15) is 66.5 Å². The van der Waals surface area contributed by atoms with Crippen LogP contribution in [0.2, 0.25) is 0 Å². The van der Waals surface area contributed by atoms with E-state index < -0.39 is 44.6 Å². The van der Waals surface area contributed by atoms with Crippen LogP contribution >= 0.6 is 0 Å². The van der Waals surface area contributed by atoms with E-state index in [2.05, 4.69) is 0 Å². The molecule has 4 aromatic rings. The molecule has 0 spiro atoms. The fourth-order valence-electron chi connectivity index (χ4n) is 8.82. The van der Waals surface area contributed by atoms with E-state index in [0.717, 1.165) is 0 Å². The smallest absolute Gasteiger partial charge is 0.257 e. The largest absolute Gasteiger partial charge is 0.480 e. The molecule has 0 radical (unpaired) electrons. The third-order valence-corrected chi connectivity index (χ3v) is 12.5. The van der Waals surface area contributed by atoms with E-state index in [9.17, 15) is 0 Å². The van der Waals surface area contributed by atoms with Crippen LogP contribution < -0.4 is 9.47 Å². The maximum Gasteiger partial charge on any atom is 0.257 e. The number of rotatable bonds is 12. The molecule has 0 aliphatic heterocycles. The third-order valence-electron chi connectivity index (χ3n) is 12.5. The normalized spacial score (nSPS) is 23.0. The van der Waals surface area contributed by atoms with Gasteiger partial charge in [0, 0.05) is 34.5 Å². The first kappa shape index (κ1) is 33.2. The second-order valence-electron chi connectivity index (χ2n) is 15.6. The first-order chi connectivity index (χ1) is 22.0. The molecule has 2 aliphatic rings. The van der Waals surface area contributed by atoms with E-state index in [1.165, 1.54) is 0 Å². The molecule has 2 fully saturated rings. The fourth-order valence-corrected chi connectivity index (χ4v) is 8.82. The van der Waals surface area contributed by atoms with E-state index in [4.69, 9.17) is 14.2 Å². The monoisotopic (exact) mass is 638 g/mol. The van der Waals surface area contributed by atoms with Gasteiger partial charge in [-0.15, -0.1) is 0 Å². The molecule has 4 aromatic carbocycles. The molecule has 47 heavy (non-hydrogen) atoms. The van der Waals surface area contributed by atoms with E-state index >= 15 is 8.78 Å². The minimum atomic E-state index is -2.65. The van der Waals surface area contributed by atoms with E-state index in [-0.39, 0.29) is 12.8 Å². The maximum atomic E-state index is 19.2. The summed E-state index contributed by atoms with van der Waals surface area (Å²) in [5.74, 6) is -4.30. The minimum Gasteiger partial charge on any atom is -0.480 e. The topological polar surface area (TPSA) is 27.7 Å². The van der Waals surface area contributed by atoms with Gasteiger partial charge < -0.3 is 14.2 Å². The molecule has 0 heterocycles. The highest BCUT2D eigenvalue weighted by Gasteiger charge is 2.93. The van der Waals surface area contributed by atoms with Gasteiger partial charge in [0.2, 0.25) is 0 Å². The van der Waals surface area contributed by atoms with Gasteiger partial charge in [0.15, 0.2) is 11.2 Å². The molecule has 0 N–H and O–H groups in total. The number of halogens is 2. The summed E-state index contributed by atoms with van der Waals surface area (Å²) in [6.45, 7) is 15.9. The maximum absolute atomic E-state index is 19.2. The molecule has 2 unspecified atom stereocenters. The second-order valence-corrected chi connectivity index (χ2v) is 15.6. The van der Waals surface area contributed by atoms with Crippen LogP contribution in [0.25, 0.3) is 0 Å². The lowest BCUT2D eigenvalue weighted by Gasteiger charge is -2.46. The molecule has 3 nitrogen and oxygen atoms in total. The lowest BCUT2D eigenvalue weighted by molar-refractivity contribution is -0.348. The molecule has 0 saturated heterocycles. The van der Waals surface area contributed by atoms with Crippen molar-refractivity contribution >= 4 is 0 Å². The van der Waals surface area contributed by atoms with Crippen molar-refractivity contribution < 1.29 is 23.0 Å². The van der Waals surface area contributed by atoms with Gasteiger partial charge in [-0.05, 0) is 35.4 Å². The van der Waals surface area contributed by atoms with E-state index in [0.29, 0.717) is 22.6 Å². The summed E-state index contributed by atoms with van der Waals surface area (Å²) in [7, 11) is 0. The molecule has 248 valence electrons. The Morgan fingerprint density at radius 2 is 0.681 bits per heavy atom. The van der Waals surface area contributed by atoms with Gasteiger partial charge in [-0.1, -0.05) is 152 Å². The molecule has 2 saturated carbocycles. The summed E-state index contributed by atoms with van der Waals surface area (Å²) in [5, 5.41) is 0. The van der Waals surface area contributed by atoms with Crippen molar-refractivity contribution in [3.63, 3.8) is 0 Å². The van der Waals surface area contributed by atoms with Crippen molar-refractivity contribution in [1.82, 2.24) is 0 Å². The average Bonchev–Trinajstić information content (AvgIpc) is 3.58. The van der Waals surface area contributed by atoms with E-state index in [1.807, 2.05) is 177 Å². The zero-order valence-electron chi connectivity index (χ0n) is 28.9. The van der Waals surface area contributed by atoms with Crippen molar-refractivity contribution in [3.8, 4) is 11.5 Å². The molecule has 5 heteroatoms. The van der Waals surface area contributed by atoms with Gasteiger partial charge in [0.25, 0.3) is 11.7 Å². The van der Waals surface area contributed by atoms with Crippen molar-refractivity contribution in [2.24, 2.45) is 21.7 Å². The Hall–Kier alpha value is -3.70. The summed E-state index contributed by atoms with van der Waals surface area (Å²) in [4.78, 5) is 0. The molecule has 0 aromatic heterocycles. The Morgan fingerprint density at radius 3 is 0.936 bits per heavy atom. The van der Waals surface area contributed by atoms with Gasteiger partial charge in [0.1, 0.15) is 11.5 Å². The summed E-state index contributed by atoms with van der Waals surface area (Å²) in [6, 6.07) is 37.1. The van der Waals surface area contributed by atoms with E-state index in [1.54, 1.807) is 0 Å². The van der Waals surface area contributed by atoms with Gasteiger partial charge in [-0.3, -0.25) is 0 Å². The third kappa shape index (κ3) is 4.59. The molecule has 2 atom stereocenters. The summed E-state index contributed by atoms with van der Waals surface area (Å²) >= 11 is 0. The van der Waals surface area contributed by atoms with Crippen molar-refractivity contribution in [3.05, 3.63) is 132 Å². The van der Waals surface area contributed by atoms with Crippen LogP contribution in [0.5, 0.6) is 11.5 Å². The van der Waals surface area contributed by atoms with Gasteiger partial charge in [-0.25, -0.2) is 8.78 Å². The summed E-state index contributed by atoms with van der Waals surface area (Å²) in [5.41, 5.74) is -4.81. The average molecular weight is 639 g/mol. The summed E-state index contributed by atoms with van der Waals surface area (Å²) in [6.07, 6.45) is -0.452. The molecule has 2 aliphatic carbocycles. The predicted molar refractivity (Wildman–Crippen MR) is 184 cm³/mol. The Labute approximate surface area is 279 Å². The van der Waals surface area contributed by atoms with Gasteiger partial charge >= 0.3 is 0 Å². The zero-order chi connectivity index (χ0) is 34.0. The molecule has 6 rings (SSSR count). The lowest BCUT2D eigenvalue weighted by Crippen LogP contribution is -2.63. The SMILES string of the molecule is CC1(C)C(C)(C)C1(Oc1ccccc1)C(F)(Cc1ccccc1)OC(F)(Cc1ccccc1)C1(Oc2ccccc2)C(C)(C)C1(C)C. The Bertz CT molecular complexity index is 1530. The lowest BCUT2D eigenvalue weighted by atomic mass is 9.88. The van der Waals surface area contributed by atoms with Crippen LogP contribution in [0, 0.1) is 21.7 Å². The number of alkyl halides is 2. The predicted octanol–water partition coefficient (Wildman–Crippen LogP) is 10.6. The van der Waals surface area contributed by atoms with Gasteiger partial charge in [0.05, 0.1) is 0 Å². The van der Waals surface area contributed by atoms with Gasteiger partial charge in [-0.2, -0.15) is 0 Å². The number of para-hydroxylation sites is 2. The van der Waals surface area contributed by atoms with Crippen LogP contribution in [0.15, 0.2) is 121 Å². The highest BCUT2D eigenvalue weighted by atomic mass is 19.2. The Morgan fingerprint density at radius 1 is 0.426 bits per heavy atom. The Kier molecular flexibility index (Phi) is 7.71.